The van der Waals surface area contributed by atoms with Gasteiger partial charge in [-0.2, -0.15) is 0 Å². The SMILES string of the molecule is Nc1ccc(CC(=O)N2CCCN(CC3CCCCC3)CC2)cc1. The summed E-state index contributed by atoms with van der Waals surface area (Å²) in [4.78, 5) is 17.2. The number of nitrogens with zero attached hydrogens (tertiary/aromatic N) is 2. The van der Waals surface area contributed by atoms with Crippen LogP contribution in [0.25, 0.3) is 0 Å². The van der Waals surface area contributed by atoms with Gasteiger partial charge in [-0.05, 0) is 49.4 Å². The van der Waals surface area contributed by atoms with Gasteiger partial charge in [0.2, 0.25) is 5.91 Å². The van der Waals surface area contributed by atoms with Crippen molar-refractivity contribution in [3.63, 3.8) is 0 Å². The Kier molecular flexibility index (Phi) is 6.13. The molecule has 0 atom stereocenters. The van der Waals surface area contributed by atoms with Gasteiger partial charge in [-0.1, -0.05) is 31.4 Å². The van der Waals surface area contributed by atoms with Crippen LogP contribution in [-0.2, 0) is 11.2 Å². The third kappa shape index (κ3) is 4.97. The minimum Gasteiger partial charge on any atom is -0.399 e. The first-order valence-corrected chi connectivity index (χ1v) is 9.55. The van der Waals surface area contributed by atoms with Crippen LogP contribution in [0.5, 0.6) is 0 Å². The summed E-state index contributed by atoms with van der Waals surface area (Å²) < 4.78 is 0. The number of benzene rings is 1. The number of carbonyl (C=O) groups excluding carboxylic acids is 1. The fraction of sp³-hybridized carbons (Fsp3) is 0.650. The normalized spacial score (nSPS) is 20.8. The van der Waals surface area contributed by atoms with E-state index in [1.54, 1.807) is 0 Å². The van der Waals surface area contributed by atoms with Crippen molar-refractivity contribution in [3.8, 4) is 0 Å². The molecule has 2 fully saturated rings. The molecule has 4 nitrogen and oxygen atoms in total. The van der Waals surface area contributed by atoms with E-state index in [2.05, 4.69) is 9.80 Å². The van der Waals surface area contributed by atoms with Crippen LogP contribution in [0.4, 0.5) is 5.69 Å². The molecule has 1 amide bonds. The number of amides is 1. The van der Waals surface area contributed by atoms with Gasteiger partial charge < -0.3 is 15.5 Å². The first-order valence-electron chi connectivity index (χ1n) is 9.55. The predicted octanol–water partition coefficient (Wildman–Crippen LogP) is 2.93. The van der Waals surface area contributed by atoms with E-state index in [-0.39, 0.29) is 5.91 Å². The quantitative estimate of drug-likeness (QED) is 0.864. The highest BCUT2D eigenvalue weighted by molar-refractivity contribution is 5.79. The van der Waals surface area contributed by atoms with Gasteiger partial charge in [-0.3, -0.25) is 4.79 Å². The molecule has 0 bridgehead atoms. The number of nitrogens with two attached hydrogens (primary N) is 1. The Morgan fingerprint density at radius 3 is 2.46 bits per heavy atom. The van der Waals surface area contributed by atoms with E-state index in [1.165, 1.54) is 38.6 Å². The molecule has 3 rings (SSSR count). The summed E-state index contributed by atoms with van der Waals surface area (Å²) >= 11 is 0. The van der Waals surface area contributed by atoms with Gasteiger partial charge in [0.25, 0.3) is 0 Å². The second kappa shape index (κ2) is 8.52. The van der Waals surface area contributed by atoms with Crippen molar-refractivity contribution in [2.75, 3.05) is 38.5 Å². The van der Waals surface area contributed by atoms with Gasteiger partial charge in [0.05, 0.1) is 6.42 Å². The first kappa shape index (κ1) is 17.3. The lowest BCUT2D eigenvalue weighted by Crippen LogP contribution is -2.37. The number of carbonyl (C=O) groups is 1. The summed E-state index contributed by atoms with van der Waals surface area (Å²) in [6, 6.07) is 7.66. The zero-order valence-corrected chi connectivity index (χ0v) is 14.8. The zero-order chi connectivity index (χ0) is 16.8. The number of nitrogen functional groups attached to an aromatic ring is 1. The van der Waals surface area contributed by atoms with E-state index in [0.717, 1.165) is 49.8 Å². The second-order valence-corrected chi connectivity index (χ2v) is 7.46. The molecule has 24 heavy (non-hydrogen) atoms. The number of hydrogen-bond donors (Lipinski definition) is 1. The molecule has 1 saturated carbocycles. The molecule has 0 aromatic heterocycles. The Morgan fingerprint density at radius 2 is 1.71 bits per heavy atom. The molecule has 1 aliphatic heterocycles. The third-order valence-corrected chi connectivity index (χ3v) is 5.52. The van der Waals surface area contributed by atoms with Crippen molar-refractivity contribution < 1.29 is 4.79 Å². The summed E-state index contributed by atoms with van der Waals surface area (Å²) in [5.41, 5.74) is 7.51. The maximum absolute atomic E-state index is 12.6. The Labute approximate surface area is 146 Å². The maximum atomic E-state index is 12.6. The molecule has 1 aliphatic carbocycles. The summed E-state index contributed by atoms with van der Waals surface area (Å²) in [5, 5.41) is 0. The van der Waals surface area contributed by atoms with Crippen molar-refractivity contribution in [2.45, 2.75) is 44.9 Å². The van der Waals surface area contributed by atoms with E-state index in [4.69, 9.17) is 5.73 Å². The average Bonchev–Trinajstić information content (AvgIpc) is 2.83. The van der Waals surface area contributed by atoms with Crippen molar-refractivity contribution in [2.24, 2.45) is 5.92 Å². The van der Waals surface area contributed by atoms with Crippen LogP contribution in [0, 0.1) is 5.92 Å². The van der Waals surface area contributed by atoms with Crippen LogP contribution in [-0.4, -0.2) is 48.4 Å². The third-order valence-electron chi connectivity index (χ3n) is 5.52. The van der Waals surface area contributed by atoms with Gasteiger partial charge in [-0.15, -0.1) is 0 Å². The fourth-order valence-electron chi connectivity index (χ4n) is 4.06. The molecule has 1 aromatic rings. The largest absolute Gasteiger partial charge is 0.399 e. The van der Waals surface area contributed by atoms with E-state index in [1.807, 2.05) is 24.3 Å². The summed E-state index contributed by atoms with van der Waals surface area (Å²) in [7, 11) is 0. The Hall–Kier alpha value is -1.55. The minimum absolute atomic E-state index is 0.249. The van der Waals surface area contributed by atoms with Crippen molar-refractivity contribution in [1.82, 2.24) is 9.80 Å². The first-order chi connectivity index (χ1) is 11.7. The molecule has 2 aliphatic rings. The molecule has 2 N–H and O–H groups in total. The highest BCUT2D eigenvalue weighted by Crippen LogP contribution is 2.24. The van der Waals surface area contributed by atoms with Crippen LogP contribution in [0.2, 0.25) is 0 Å². The molecular weight excluding hydrogens is 298 g/mol. The smallest absolute Gasteiger partial charge is 0.227 e. The number of hydrogen-bond acceptors (Lipinski definition) is 3. The zero-order valence-electron chi connectivity index (χ0n) is 14.8. The fourth-order valence-corrected chi connectivity index (χ4v) is 4.06. The van der Waals surface area contributed by atoms with E-state index >= 15 is 0 Å². The van der Waals surface area contributed by atoms with Crippen LogP contribution >= 0.6 is 0 Å². The standard InChI is InChI=1S/C20H31N3O/c21-19-9-7-17(8-10-19)15-20(24)23-12-4-11-22(13-14-23)16-18-5-2-1-3-6-18/h7-10,18H,1-6,11-16,21H2. The van der Waals surface area contributed by atoms with Crippen molar-refractivity contribution >= 4 is 11.6 Å². The van der Waals surface area contributed by atoms with Crippen molar-refractivity contribution in [3.05, 3.63) is 29.8 Å². The molecule has 1 saturated heterocycles. The topological polar surface area (TPSA) is 49.6 Å². The lowest BCUT2D eigenvalue weighted by molar-refractivity contribution is -0.130. The lowest BCUT2D eigenvalue weighted by Gasteiger charge is -2.28. The molecule has 1 aromatic carbocycles. The monoisotopic (exact) mass is 329 g/mol. The molecule has 4 heteroatoms. The van der Waals surface area contributed by atoms with Gasteiger partial charge in [0.15, 0.2) is 0 Å². The maximum Gasteiger partial charge on any atom is 0.227 e. The molecule has 0 unspecified atom stereocenters. The van der Waals surface area contributed by atoms with Crippen LogP contribution in [0.15, 0.2) is 24.3 Å². The Bertz CT molecular complexity index is 522. The van der Waals surface area contributed by atoms with E-state index in [0.29, 0.717) is 6.42 Å². The predicted molar refractivity (Wildman–Crippen MR) is 98.8 cm³/mol. The molecule has 132 valence electrons. The Morgan fingerprint density at radius 1 is 0.958 bits per heavy atom. The van der Waals surface area contributed by atoms with Crippen LogP contribution in [0.3, 0.4) is 0 Å². The molecule has 1 heterocycles. The second-order valence-electron chi connectivity index (χ2n) is 7.46. The summed E-state index contributed by atoms with van der Waals surface area (Å²) in [5.74, 6) is 1.13. The molecule has 0 radical (unpaired) electrons. The van der Waals surface area contributed by atoms with Crippen LogP contribution in [0.1, 0.15) is 44.1 Å². The van der Waals surface area contributed by atoms with E-state index < -0.39 is 0 Å². The van der Waals surface area contributed by atoms with Gasteiger partial charge >= 0.3 is 0 Å². The molecular formula is C20H31N3O. The molecule has 0 spiro atoms. The van der Waals surface area contributed by atoms with Crippen molar-refractivity contribution in [1.29, 1.82) is 0 Å². The van der Waals surface area contributed by atoms with Gasteiger partial charge in [0.1, 0.15) is 0 Å². The van der Waals surface area contributed by atoms with Gasteiger partial charge in [-0.25, -0.2) is 0 Å². The lowest BCUT2D eigenvalue weighted by atomic mass is 9.89. The highest BCUT2D eigenvalue weighted by Gasteiger charge is 2.22. The number of anilines is 1. The van der Waals surface area contributed by atoms with E-state index in [9.17, 15) is 4.79 Å². The summed E-state index contributed by atoms with van der Waals surface area (Å²) in [6.07, 6.45) is 8.62. The Balaban J connectivity index is 1.47. The highest BCUT2D eigenvalue weighted by atomic mass is 16.2. The van der Waals surface area contributed by atoms with Gasteiger partial charge in [0, 0.05) is 31.9 Å². The minimum atomic E-state index is 0.249. The summed E-state index contributed by atoms with van der Waals surface area (Å²) in [6.45, 7) is 5.18. The van der Waals surface area contributed by atoms with Crippen LogP contribution < -0.4 is 5.73 Å². The number of rotatable bonds is 4. The average molecular weight is 329 g/mol.